The lowest BCUT2D eigenvalue weighted by molar-refractivity contribution is 0.219. The Morgan fingerprint density at radius 3 is 2.93 bits per heavy atom. The van der Waals surface area contributed by atoms with Gasteiger partial charge in [0.2, 0.25) is 0 Å². The molecule has 2 heterocycles. The Kier molecular flexibility index (Phi) is 3.45. The van der Waals surface area contributed by atoms with Crippen LogP contribution in [0.25, 0.3) is 0 Å². The topological polar surface area (TPSA) is 60.4 Å². The number of furan rings is 1. The minimum atomic E-state index is -0.0431. The average Bonchev–Trinajstić information content (AvgIpc) is 2.68. The molecule has 1 aliphatic rings. The van der Waals surface area contributed by atoms with Crippen molar-refractivity contribution in [3.63, 3.8) is 0 Å². The highest BCUT2D eigenvalue weighted by Crippen LogP contribution is 2.32. The van der Waals surface area contributed by atoms with E-state index < -0.39 is 0 Å². The van der Waals surface area contributed by atoms with Crippen LogP contribution in [0.2, 0.25) is 0 Å². The lowest BCUT2D eigenvalue weighted by atomic mass is 9.98. The first-order valence-corrected chi connectivity index (χ1v) is 5.62. The summed E-state index contributed by atoms with van der Waals surface area (Å²) in [6.07, 6.45) is 5.44. The van der Waals surface area contributed by atoms with Gasteiger partial charge in [0.1, 0.15) is 0 Å². The van der Waals surface area contributed by atoms with Crippen molar-refractivity contribution in [2.45, 2.75) is 18.9 Å². The van der Waals surface area contributed by atoms with E-state index >= 15 is 0 Å². The zero-order valence-corrected chi connectivity index (χ0v) is 9.79. The molecule has 82 valence electrons. The predicted molar refractivity (Wildman–Crippen MR) is 59.7 cm³/mol. The summed E-state index contributed by atoms with van der Waals surface area (Å²) in [5.41, 5.74) is 4.92. The van der Waals surface area contributed by atoms with Crippen LogP contribution in [0.1, 0.15) is 24.4 Å². The maximum atomic E-state index is 5.55. The van der Waals surface area contributed by atoms with Crippen LogP contribution in [-0.2, 0) is 4.74 Å². The molecule has 0 radical (unpaired) electrons. The quantitative estimate of drug-likeness (QED) is 0.655. The normalized spacial score (nSPS) is 18.1. The van der Waals surface area contributed by atoms with Gasteiger partial charge in [0.25, 0.3) is 0 Å². The highest BCUT2D eigenvalue weighted by atomic mass is 79.9. The van der Waals surface area contributed by atoms with Crippen LogP contribution < -0.4 is 11.3 Å². The van der Waals surface area contributed by atoms with Crippen LogP contribution in [-0.4, -0.2) is 6.61 Å². The summed E-state index contributed by atoms with van der Waals surface area (Å²) in [4.78, 5) is 0. The number of hydrazine groups is 1. The van der Waals surface area contributed by atoms with E-state index in [1.54, 1.807) is 12.5 Å². The maximum Gasteiger partial charge on any atom is 0.174 e. The molecule has 0 spiro atoms. The van der Waals surface area contributed by atoms with Crippen molar-refractivity contribution in [1.29, 1.82) is 0 Å². The Balaban J connectivity index is 2.24. The summed E-state index contributed by atoms with van der Waals surface area (Å²) in [5, 5.41) is 0. The molecule has 1 unspecified atom stereocenters. The number of hydrogen-bond donors (Lipinski definition) is 2. The first-order valence-electron chi connectivity index (χ1n) is 4.82. The zero-order chi connectivity index (χ0) is 10.7. The summed E-state index contributed by atoms with van der Waals surface area (Å²) < 4.78 is 11.2. The summed E-state index contributed by atoms with van der Waals surface area (Å²) >= 11 is 3.34. The molecule has 0 aromatic carbocycles. The second-order valence-electron chi connectivity index (χ2n) is 3.42. The van der Waals surface area contributed by atoms with Crippen molar-refractivity contribution in [2.75, 3.05) is 6.61 Å². The summed E-state index contributed by atoms with van der Waals surface area (Å²) in [5.74, 6) is 5.55. The Labute approximate surface area is 96.6 Å². The van der Waals surface area contributed by atoms with E-state index in [-0.39, 0.29) is 6.04 Å². The first-order chi connectivity index (χ1) is 7.33. The van der Waals surface area contributed by atoms with E-state index in [0.717, 1.165) is 30.6 Å². The molecule has 1 aromatic rings. The Hall–Kier alpha value is -0.780. The second-order valence-corrected chi connectivity index (χ2v) is 4.14. The molecule has 15 heavy (non-hydrogen) atoms. The van der Waals surface area contributed by atoms with Crippen LogP contribution in [0, 0.1) is 0 Å². The van der Waals surface area contributed by atoms with Crippen LogP contribution in [0.3, 0.4) is 0 Å². The summed E-state index contributed by atoms with van der Waals surface area (Å²) in [7, 11) is 0. The minimum Gasteiger partial charge on any atom is -0.501 e. The van der Waals surface area contributed by atoms with Gasteiger partial charge in [-0.15, -0.1) is 0 Å². The molecule has 1 atom stereocenters. The van der Waals surface area contributed by atoms with Gasteiger partial charge >= 0.3 is 0 Å². The fourth-order valence-electron chi connectivity index (χ4n) is 1.70. The van der Waals surface area contributed by atoms with Crippen LogP contribution in [0.15, 0.2) is 33.3 Å². The molecule has 0 saturated carbocycles. The van der Waals surface area contributed by atoms with Gasteiger partial charge in [-0.3, -0.25) is 5.84 Å². The molecule has 0 bridgehead atoms. The highest BCUT2D eigenvalue weighted by molar-refractivity contribution is 9.10. The van der Waals surface area contributed by atoms with Crippen molar-refractivity contribution >= 4 is 15.9 Å². The number of nitrogens with two attached hydrogens (primary N) is 1. The number of hydrogen-bond acceptors (Lipinski definition) is 4. The summed E-state index contributed by atoms with van der Waals surface area (Å²) in [6, 6.07) is 1.85. The standard InChI is InChI=1S/C10H13BrN2O2/c11-10-8(3-5-15-10)9(13-12)7-2-1-4-14-6-7/h3,5-6,9,13H,1-2,4,12H2. The molecule has 0 saturated heterocycles. The van der Waals surface area contributed by atoms with Gasteiger partial charge in [-0.2, -0.15) is 0 Å². The molecule has 0 amide bonds. The largest absolute Gasteiger partial charge is 0.501 e. The molecule has 3 N–H and O–H groups in total. The van der Waals surface area contributed by atoms with E-state index in [1.807, 2.05) is 6.07 Å². The molecule has 2 rings (SSSR count). The van der Waals surface area contributed by atoms with Gasteiger partial charge < -0.3 is 9.15 Å². The molecule has 0 aliphatic carbocycles. The van der Waals surface area contributed by atoms with Crippen LogP contribution in [0.5, 0.6) is 0 Å². The van der Waals surface area contributed by atoms with Crippen LogP contribution >= 0.6 is 15.9 Å². The lowest BCUT2D eigenvalue weighted by Gasteiger charge is -2.21. The second kappa shape index (κ2) is 4.83. The van der Waals surface area contributed by atoms with Gasteiger partial charge in [0.15, 0.2) is 4.67 Å². The fraction of sp³-hybridized carbons (Fsp3) is 0.400. The lowest BCUT2D eigenvalue weighted by Crippen LogP contribution is -2.30. The van der Waals surface area contributed by atoms with Crippen LogP contribution in [0.4, 0.5) is 0 Å². The van der Waals surface area contributed by atoms with Gasteiger partial charge in [-0.1, -0.05) is 0 Å². The molecule has 1 aliphatic heterocycles. The number of nitrogens with one attached hydrogen (secondary N) is 1. The smallest absolute Gasteiger partial charge is 0.174 e. The van der Waals surface area contributed by atoms with Crippen molar-refractivity contribution in [3.8, 4) is 0 Å². The molecule has 5 heteroatoms. The van der Waals surface area contributed by atoms with E-state index in [4.69, 9.17) is 15.0 Å². The van der Waals surface area contributed by atoms with Gasteiger partial charge in [-0.05, 0) is 40.4 Å². The SMILES string of the molecule is NNC(C1=COCCC1)c1ccoc1Br. The number of ether oxygens (including phenoxy) is 1. The van der Waals surface area contributed by atoms with Crippen molar-refractivity contribution in [1.82, 2.24) is 5.43 Å². The third-order valence-corrected chi connectivity index (χ3v) is 3.10. The third-order valence-electron chi connectivity index (χ3n) is 2.46. The zero-order valence-electron chi connectivity index (χ0n) is 8.20. The predicted octanol–water partition coefficient (Wildman–Crippen LogP) is 2.24. The molecular formula is C10H13BrN2O2. The van der Waals surface area contributed by atoms with E-state index in [2.05, 4.69) is 21.4 Å². The monoisotopic (exact) mass is 272 g/mol. The first kappa shape index (κ1) is 10.7. The molecule has 4 nitrogen and oxygen atoms in total. The van der Waals surface area contributed by atoms with Gasteiger partial charge in [-0.25, -0.2) is 5.43 Å². The van der Waals surface area contributed by atoms with Crippen molar-refractivity contribution in [3.05, 3.63) is 34.4 Å². The maximum absolute atomic E-state index is 5.55. The van der Waals surface area contributed by atoms with Crippen molar-refractivity contribution in [2.24, 2.45) is 5.84 Å². The van der Waals surface area contributed by atoms with Gasteiger partial charge in [0, 0.05) is 5.56 Å². The Morgan fingerprint density at radius 2 is 2.40 bits per heavy atom. The number of rotatable bonds is 3. The van der Waals surface area contributed by atoms with E-state index in [1.165, 1.54) is 0 Å². The molecule has 1 aromatic heterocycles. The Morgan fingerprint density at radius 1 is 1.53 bits per heavy atom. The van der Waals surface area contributed by atoms with Crippen molar-refractivity contribution < 1.29 is 9.15 Å². The third kappa shape index (κ3) is 2.25. The molecular weight excluding hydrogens is 260 g/mol. The number of halogens is 1. The fourth-order valence-corrected chi connectivity index (χ4v) is 2.17. The van der Waals surface area contributed by atoms with E-state index in [9.17, 15) is 0 Å². The summed E-state index contributed by atoms with van der Waals surface area (Å²) in [6.45, 7) is 0.785. The van der Waals surface area contributed by atoms with E-state index in [0.29, 0.717) is 4.67 Å². The highest BCUT2D eigenvalue weighted by Gasteiger charge is 2.21. The average molecular weight is 273 g/mol. The Bertz CT molecular complexity index is 362. The minimum absolute atomic E-state index is 0.0431. The van der Waals surface area contributed by atoms with Gasteiger partial charge in [0.05, 0.1) is 25.2 Å². The molecule has 0 fully saturated rings.